The second-order valence-corrected chi connectivity index (χ2v) is 5.36. The number of ether oxygens (including phenoxy) is 2. The Hall–Kier alpha value is -0.770. The van der Waals surface area contributed by atoms with Crippen LogP contribution in [0.4, 0.5) is 4.79 Å². The van der Waals surface area contributed by atoms with Crippen molar-refractivity contribution in [2.24, 2.45) is 5.73 Å². The number of nitrogens with two attached hydrogens (primary N) is 1. The SMILES string of the molecule is NC1(OC(=O)OC2CCCCC2)CCCCC1. The molecule has 4 nitrogen and oxygen atoms in total. The molecule has 0 aromatic rings. The first-order valence-corrected chi connectivity index (χ1v) is 6.86. The second-order valence-electron chi connectivity index (χ2n) is 5.36. The van der Waals surface area contributed by atoms with Crippen molar-refractivity contribution < 1.29 is 14.3 Å². The number of rotatable bonds is 2. The molecule has 0 amide bonds. The van der Waals surface area contributed by atoms with E-state index < -0.39 is 11.9 Å². The van der Waals surface area contributed by atoms with Crippen molar-refractivity contribution in [3.8, 4) is 0 Å². The van der Waals surface area contributed by atoms with Crippen LogP contribution in [0.5, 0.6) is 0 Å². The average molecular weight is 241 g/mol. The van der Waals surface area contributed by atoms with Gasteiger partial charge in [-0.25, -0.2) is 4.79 Å². The summed E-state index contributed by atoms with van der Waals surface area (Å²) in [5.41, 5.74) is 5.27. The maximum atomic E-state index is 11.7. The Morgan fingerprint density at radius 3 is 2.24 bits per heavy atom. The first-order valence-electron chi connectivity index (χ1n) is 6.86. The summed E-state index contributed by atoms with van der Waals surface area (Å²) in [5, 5.41) is 0. The molecule has 0 spiro atoms. The predicted octanol–water partition coefficient (Wildman–Crippen LogP) is 3.09. The highest BCUT2D eigenvalue weighted by molar-refractivity contribution is 5.60. The van der Waals surface area contributed by atoms with Gasteiger partial charge in [-0.2, -0.15) is 0 Å². The third-order valence-corrected chi connectivity index (χ3v) is 3.80. The summed E-state index contributed by atoms with van der Waals surface area (Å²) < 4.78 is 10.6. The minimum atomic E-state index is -0.774. The highest BCUT2D eigenvalue weighted by Crippen LogP contribution is 2.28. The highest BCUT2D eigenvalue weighted by Gasteiger charge is 2.33. The first-order chi connectivity index (χ1) is 8.18. The molecular weight excluding hydrogens is 218 g/mol. The van der Waals surface area contributed by atoms with Crippen molar-refractivity contribution >= 4 is 6.16 Å². The molecule has 0 saturated heterocycles. The predicted molar refractivity (Wildman–Crippen MR) is 64.4 cm³/mol. The second kappa shape index (κ2) is 5.71. The fraction of sp³-hybridized carbons (Fsp3) is 0.923. The molecule has 0 aromatic heterocycles. The summed E-state index contributed by atoms with van der Waals surface area (Å²) in [6, 6.07) is 0. The van der Waals surface area contributed by atoms with E-state index in [4.69, 9.17) is 15.2 Å². The van der Waals surface area contributed by atoms with Crippen LogP contribution in [0.2, 0.25) is 0 Å². The lowest BCUT2D eigenvalue weighted by Crippen LogP contribution is -2.46. The monoisotopic (exact) mass is 241 g/mol. The Labute approximate surface area is 103 Å². The van der Waals surface area contributed by atoms with Gasteiger partial charge in [-0.3, -0.25) is 5.73 Å². The van der Waals surface area contributed by atoms with Crippen LogP contribution >= 0.6 is 0 Å². The molecule has 0 aliphatic heterocycles. The van der Waals surface area contributed by atoms with Gasteiger partial charge >= 0.3 is 6.16 Å². The van der Waals surface area contributed by atoms with E-state index >= 15 is 0 Å². The molecule has 17 heavy (non-hydrogen) atoms. The van der Waals surface area contributed by atoms with Crippen molar-refractivity contribution in [2.45, 2.75) is 76.0 Å². The van der Waals surface area contributed by atoms with Crippen molar-refractivity contribution in [3.05, 3.63) is 0 Å². The van der Waals surface area contributed by atoms with Crippen molar-refractivity contribution in [1.82, 2.24) is 0 Å². The number of carbonyl (C=O) groups is 1. The van der Waals surface area contributed by atoms with E-state index in [9.17, 15) is 4.79 Å². The Balaban J connectivity index is 1.75. The Morgan fingerprint density at radius 2 is 1.59 bits per heavy atom. The Morgan fingerprint density at radius 1 is 1.00 bits per heavy atom. The molecule has 0 heterocycles. The van der Waals surface area contributed by atoms with Crippen LogP contribution in [0.1, 0.15) is 64.2 Å². The topological polar surface area (TPSA) is 61.5 Å². The average Bonchev–Trinajstić information content (AvgIpc) is 2.30. The van der Waals surface area contributed by atoms with Gasteiger partial charge in [0.2, 0.25) is 0 Å². The van der Waals surface area contributed by atoms with E-state index in [1.54, 1.807) is 0 Å². The van der Waals surface area contributed by atoms with Gasteiger partial charge in [0.1, 0.15) is 6.10 Å². The third kappa shape index (κ3) is 3.87. The van der Waals surface area contributed by atoms with Crippen LogP contribution in [-0.4, -0.2) is 18.0 Å². The summed E-state index contributed by atoms with van der Waals surface area (Å²) in [4.78, 5) is 11.7. The molecular formula is C13H23NO3. The standard InChI is InChI=1S/C13H23NO3/c14-13(9-5-2-6-10-13)17-12(15)16-11-7-3-1-4-8-11/h11H,1-10,14H2. The molecule has 98 valence electrons. The first kappa shape index (κ1) is 12.7. The van der Waals surface area contributed by atoms with Crippen LogP contribution in [0, 0.1) is 0 Å². The lowest BCUT2D eigenvalue weighted by molar-refractivity contribution is -0.0679. The quantitative estimate of drug-likeness (QED) is 0.596. The molecule has 4 heteroatoms. The Kier molecular flexibility index (Phi) is 4.26. The summed E-state index contributed by atoms with van der Waals surface area (Å²) in [6.45, 7) is 0. The molecule has 0 bridgehead atoms. The molecule has 0 aromatic carbocycles. The largest absolute Gasteiger partial charge is 0.510 e. The van der Waals surface area contributed by atoms with E-state index in [-0.39, 0.29) is 6.10 Å². The smallest absolute Gasteiger partial charge is 0.431 e. The molecule has 2 fully saturated rings. The van der Waals surface area contributed by atoms with Gasteiger partial charge in [-0.1, -0.05) is 12.8 Å². The van der Waals surface area contributed by atoms with Gasteiger partial charge < -0.3 is 9.47 Å². The molecule has 2 saturated carbocycles. The number of hydrogen-bond acceptors (Lipinski definition) is 4. The van der Waals surface area contributed by atoms with E-state index in [0.717, 1.165) is 51.4 Å². The minimum absolute atomic E-state index is 0.0449. The summed E-state index contributed by atoms with van der Waals surface area (Å²) in [6.07, 6.45) is 9.71. The fourth-order valence-electron chi connectivity index (χ4n) is 2.76. The van der Waals surface area contributed by atoms with Crippen LogP contribution in [0.15, 0.2) is 0 Å². The van der Waals surface area contributed by atoms with Crippen LogP contribution in [-0.2, 0) is 9.47 Å². The van der Waals surface area contributed by atoms with Gasteiger partial charge in [0.05, 0.1) is 0 Å². The zero-order valence-corrected chi connectivity index (χ0v) is 10.5. The third-order valence-electron chi connectivity index (χ3n) is 3.80. The van der Waals surface area contributed by atoms with Crippen LogP contribution in [0.25, 0.3) is 0 Å². The normalized spacial score (nSPS) is 25.2. The molecule has 0 unspecified atom stereocenters. The Bertz CT molecular complexity index is 255. The zero-order chi connectivity index (χ0) is 12.1. The maximum absolute atomic E-state index is 11.7. The molecule has 2 aliphatic carbocycles. The van der Waals surface area contributed by atoms with Crippen molar-refractivity contribution in [3.63, 3.8) is 0 Å². The van der Waals surface area contributed by atoms with E-state index in [0.29, 0.717) is 0 Å². The minimum Gasteiger partial charge on any atom is -0.431 e. The van der Waals surface area contributed by atoms with Gasteiger partial charge in [0.25, 0.3) is 0 Å². The summed E-state index contributed by atoms with van der Waals surface area (Å²) in [7, 11) is 0. The maximum Gasteiger partial charge on any atom is 0.510 e. The fourth-order valence-corrected chi connectivity index (χ4v) is 2.76. The van der Waals surface area contributed by atoms with E-state index in [1.165, 1.54) is 12.8 Å². The van der Waals surface area contributed by atoms with Gasteiger partial charge in [0.15, 0.2) is 5.72 Å². The van der Waals surface area contributed by atoms with Crippen molar-refractivity contribution in [2.75, 3.05) is 0 Å². The van der Waals surface area contributed by atoms with Crippen molar-refractivity contribution in [1.29, 1.82) is 0 Å². The van der Waals surface area contributed by atoms with Gasteiger partial charge in [-0.05, 0) is 38.5 Å². The molecule has 0 radical (unpaired) electrons. The summed E-state index contributed by atoms with van der Waals surface area (Å²) >= 11 is 0. The molecule has 0 atom stereocenters. The van der Waals surface area contributed by atoms with E-state index in [1.807, 2.05) is 0 Å². The number of hydrogen-bond donors (Lipinski definition) is 1. The van der Waals surface area contributed by atoms with Gasteiger partial charge in [-0.15, -0.1) is 0 Å². The lowest BCUT2D eigenvalue weighted by atomic mass is 9.92. The van der Waals surface area contributed by atoms with Crippen LogP contribution < -0.4 is 5.73 Å². The van der Waals surface area contributed by atoms with Crippen LogP contribution in [0.3, 0.4) is 0 Å². The highest BCUT2D eigenvalue weighted by atomic mass is 16.7. The lowest BCUT2D eigenvalue weighted by Gasteiger charge is -2.33. The molecule has 2 rings (SSSR count). The molecule has 2 aliphatic rings. The number of carbonyl (C=O) groups excluding carboxylic acids is 1. The van der Waals surface area contributed by atoms with E-state index in [2.05, 4.69) is 0 Å². The summed E-state index contributed by atoms with van der Waals surface area (Å²) in [5.74, 6) is 0. The zero-order valence-electron chi connectivity index (χ0n) is 10.5. The molecule has 2 N–H and O–H groups in total. The van der Waals surface area contributed by atoms with Gasteiger partial charge in [0, 0.05) is 12.8 Å².